The van der Waals surface area contributed by atoms with Crippen molar-refractivity contribution in [2.45, 2.75) is 57.7 Å². The van der Waals surface area contributed by atoms with E-state index < -0.39 is 41.5 Å². The number of hydrogen-bond acceptors (Lipinski definition) is 6. The van der Waals surface area contributed by atoms with E-state index >= 15 is 0 Å². The molecule has 2 aliphatic rings. The Hall–Kier alpha value is -4.22. The topological polar surface area (TPSA) is 133 Å². The highest BCUT2D eigenvalue weighted by molar-refractivity contribution is 6.08. The summed E-state index contributed by atoms with van der Waals surface area (Å²) < 4.78 is 27.5. The van der Waals surface area contributed by atoms with Gasteiger partial charge in [-0.25, -0.2) is 8.78 Å². The average Bonchev–Trinajstić information content (AvgIpc) is 3.52. The predicted octanol–water partition coefficient (Wildman–Crippen LogP) is 1.92. The van der Waals surface area contributed by atoms with Crippen LogP contribution in [0.5, 0.6) is 0 Å². The Kier molecular flexibility index (Phi) is 6.87. The molecule has 0 radical (unpaired) electrons. The Morgan fingerprint density at radius 2 is 1.95 bits per heavy atom. The summed E-state index contributed by atoms with van der Waals surface area (Å²) >= 11 is 0. The average molecular weight is 524 g/mol. The summed E-state index contributed by atoms with van der Waals surface area (Å²) in [5.74, 6) is -4.02. The van der Waals surface area contributed by atoms with E-state index in [-0.39, 0.29) is 18.4 Å². The molecular formula is C26H27F2N7O3. The number of carbonyl (C=O) groups excluding carboxylic acids is 3. The number of tetrazole rings is 1. The van der Waals surface area contributed by atoms with Crippen LogP contribution in [0.25, 0.3) is 0 Å². The molecule has 0 unspecified atom stereocenters. The number of amides is 3. The number of H-pyrrole nitrogens is 1. The number of nitrogens with one attached hydrogen (secondary N) is 3. The second kappa shape index (κ2) is 10.3. The maximum absolute atomic E-state index is 13.9. The third kappa shape index (κ3) is 4.73. The molecule has 2 aromatic carbocycles. The number of halogens is 2. The number of aromatic nitrogens is 4. The highest BCUT2D eigenvalue weighted by Crippen LogP contribution is 2.39. The molecule has 0 aliphatic carbocycles. The second-order valence-corrected chi connectivity index (χ2v) is 9.89. The van der Waals surface area contributed by atoms with E-state index in [2.05, 4.69) is 31.3 Å². The molecule has 3 atom stereocenters. The molecule has 5 rings (SSSR count). The molecule has 12 heteroatoms. The summed E-state index contributed by atoms with van der Waals surface area (Å²) in [4.78, 5) is 42.0. The third-order valence-electron chi connectivity index (χ3n) is 7.09. The van der Waals surface area contributed by atoms with Gasteiger partial charge in [-0.15, -0.1) is 10.2 Å². The van der Waals surface area contributed by atoms with Gasteiger partial charge >= 0.3 is 0 Å². The fourth-order valence-electron chi connectivity index (χ4n) is 5.32. The summed E-state index contributed by atoms with van der Waals surface area (Å²) in [7, 11) is 0. The molecule has 3 heterocycles. The molecule has 38 heavy (non-hydrogen) atoms. The highest BCUT2D eigenvalue weighted by atomic mass is 19.2. The summed E-state index contributed by atoms with van der Waals surface area (Å²) in [6.45, 7) is 3.64. The molecular weight excluding hydrogens is 496 g/mol. The number of carbonyl (C=O) groups is 3. The monoisotopic (exact) mass is 523 g/mol. The fourth-order valence-corrected chi connectivity index (χ4v) is 5.32. The minimum atomic E-state index is -1.04. The first-order valence-electron chi connectivity index (χ1n) is 12.4. The molecule has 0 bridgehead atoms. The van der Waals surface area contributed by atoms with Crippen molar-refractivity contribution < 1.29 is 23.2 Å². The van der Waals surface area contributed by atoms with E-state index in [9.17, 15) is 23.2 Å². The lowest BCUT2D eigenvalue weighted by molar-refractivity contribution is -0.130. The van der Waals surface area contributed by atoms with Crippen molar-refractivity contribution in [2.24, 2.45) is 5.92 Å². The van der Waals surface area contributed by atoms with E-state index in [0.717, 1.165) is 23.3 Å². The van der Waals surface area contributed by atoms with E-state index in [0.29, 0.717) is 36.3 Å². The lowest BCUT2D eigenvalue weighted by Crippen LogP contribution is -2.55. The van der Waals surface area contributed by atoms with Crippen LogP contribution in [-0.2, 0) is 33.8 Å². The molecule has 3 aromatic rings. The van der Waals surface area contributed by atoms with Crippen LogP contribution >= 0.6 is 0 Å². The van der Waals surface area contributed by atoms with Gasteiger partial charge in [-0.05, 0) is 47.6 Å². The minimum Gasteiger partial charge on any atom is -0.347 e. The van der Waals surface area contributed by atoms with Gasteiger partial charge < -0.3 is 10.6 Å². The van der Waals surface area contributed by atoms with Crippen molar-refractivity contribution in [3.05, 3.63) is 70.5 Å². The normalized spacial score (nSPS) is 19.2. The van der Waals surface area contributed by atoms with Gasteiger partial charge in [-0.1, -0.05) is 43.3 Å². The Labute approximate surface area is 217 Å². The van der Waals surface area contributed by atoms with Crippen molar-refractivity contribution in [3.63, 3.8) is 0 Å². The maximum Gasteiger partial charge on any atom is 0.250 e. The molecule has 0 saturated heterocycles. The number of hydrogen-bond donors (Lipinski definition) is 3. The number of nitrogens with zero attached hydrogens (tertiary/aromatic N) is 4. The number of rotatable bonds is 7. The van der Waals surface area contributed by atoms with E-state index in [1.807, 2.05) is 18.2 Å². The van der Waals surface area contributed by atoms with Crippen LogP contribution < -0.4 is 15.5 Å². The van der Waals surface area contributed by atoms with Crippen molar-refractivity contribution in [1.29, 1.82) is 0 Å². The Morgan fingerprint density at radius 1 is 1.16 bits per heavy atom. The van der Waals surface area contributed by atoms with Gasteiger partial charge in [0.05, 0.1) is 18.2 Å². The third-order valence-corrected chi connectivity index (χ3v) is 7.09. The van der Waals surface area contributed by atoms with Crippen LogP contribution in [0, 0.1) is 17.6 Å². The molecule has 10 nitrogen and oxygen atoms in total. The summed E-state index contributed by atoms with van der Waals surface area (Å²) in [5, 5.41) is 19.0. The number of para-hydroxylation sites is 1. The second-order valence-electron chi connectivity index (χ2n) is 9.89. The summed E-state index contributed by atoms with van der Waals surface area (Å²) in [5.41, 5.74) is 2.82. The first-order chi connectivity index (χ1) is 18.2. The van der Waals surface area contributed by atoms with Gasteiger partial charge in [0, 0.05) is 6.42 Å². The molecule has 1 aromatic heterocycles. The van der Waals surface area contributed by atoms with Crippen LogP contribution in [0.1, 0.15) is 48.7 Å². The van der Waals surface area contributed by atoms with Crippen LogP contribution in [0.4, 0.5) is 14.5 Å². The van der Waals surface area contributed by atoms with Crippen LogP contribution in [0.3, 0.4) is 0 Å². The predicted molar refractivity (Wildman–Crippen MR) is 132 cm³/mol. The maximum atomic E-state index is 13.9. The standard InChI is InChI=1S/C26H27F2N7O3/c1-13(2)22(15-6-8-17(27)18(28)10-15)25(37)30-19-9-7-14-4-3-5-16-11-20(35(23(14)16)26(19)38)24(36)29-12-21-31-33-34-32-21/h3-6,8,10,13,19-20,22H,7,9,11-12H2,1-2H3,(H,29,36)(H,30,37)(H,31,32,33,34)/t19-,20-,22+/m0/s1. The van der Waals surface area contributed by atoms with Crippen LogP contribution in [-0.4, -0.2) is 50.4 Å². The van der Waals surface area contributed by atoms with E-state index in [1.165, 1.54) is 11.0 Å². The van der Waals surface area contributed by atoms with Crippen LogP contribution in [0.15, 0.2) is 36.4 Å². The zero-order chi connectivity index (χ0) is 27.0. The number of aromatic amines is 1. The van der Waals surface area contributed by atoms with Crippen molar-refractivity contribution in [3.8, 4) is 0 Å². The number of aryl methyl sites for hydroxylation is 1. The first-order valence-corrected chi connectivity index (χ1v) is 12.4. The van der Waals surface area contributed by atoms with Gasteiger partial charge in [0.25, 0.3) is 0 Å². The first kappa shape index (κ1) is 25.4. The van der Waals surface area contributed by atoms with Gasteiger partial charge in [0.15, 0.2) is 17.5 Å². The Morgan fingerprint density at radius 3 is 2.66 bits per heavy atom. The molecule has 0 saturated carbocycles. The van der Waals surface area contributed by atoms with Gasteiger partial charge in [-0.3, -0.25) is 19.3 Å². The zero-order valence-electron chi connectivity index (χ0n) is 20.9. The lowest BCUT2D eigenvalue weighted by atomic mass is 9.87. The van der Waals surface area contributed by atoms with Crippen molar-refractivity contribution >= 4 is 23.4 Å². The number of benzene rings is 2. The van der Waals surface area contributed by atoms with Gasteiger partial charge in [0.1, 0.15) is 12.1 Å². The molecule has 0 spiro atoms. The number of anilines is 1. The smallest absolute Gasteiger partial charge is 0.250 e. The van der Waals surface area contributed by atoms with Crippen molar-refractivity contribution in [2.75, 3.05) is 4.90 Å². The van der Waals surface area contributed by atoms with Gasteiger partial charge in [0.2, 0.25) is 17.7 Å². The van der Waals surface area contributed by atoms with Crippen LogP contribution in [0.2, 0.25) is 0 Å². The van der Waals surface area contributed by atoms with E-state index in [4.69, 9.17) is 0 Å². The molecule has 3 N–H and O–H groups in total. The minimum absolute atomic E-state index is 0.0432. The Bertz CT molecular complexity index is 1380. The molecule has 3 amide bonds. The zero-order valence-corrected chi connectivity index (χ0v) is 20.9. The SMILES string of the molecule is CC(C)[C@@H](C(=O)N[C@H]1CCc2cccc3c2N(C1=O)[C@H](C(=O)NCc1nn[nH]n1)C3)c1ccc(F)c(F)c1. The lowest BCUT2D eigenvalue weighted by Gasteiger charge is -2.29. The highest BCUT2D eigenvalue weighted by Gasteiger charge is 2.44. The van der Waals surface area contributed by atoms with Gasteiger partial charge in [-0.2, -0.15) is 5.21 Å². The largest absolute Gasteiger partial charge is 0.347 e. The Balaban J connectivity index is 1.39. The summed E-state index contributed by atoms with van der Waals surface area (Å²) in [6.07, 6.45) is 1.18. The molecule has 2 aliphatic heterocycles. The van der Waals surface area contributed by atoms with E-state index in [1.54, 1.807) is 13.8 Å². The van der Waals surface area contributed by atoms with Crippen molar-refractivity contribution in [1.82, 2.24) is 31.3 Å². The fraction of sp³-hybridized carbons (Fsp3) is 0.385. The molecule has 0 fully saturated rings. The quantitative estimate of drug-likeness (QED) is 0.434. The summed E-state index contributed by atoms with van der Waals surface area (Å²) in [6, 6.07) is 7.38. The molecule has 198 valence electrons.